The third-order valence-electron chi connectivity index (χ3n) is 3.54. The van der Waals surface area contributed by atoms with Gasteiger partial charge < -0.3 is 4.74 Å². The molecule has 0 aliphatic carbocycles. The van der Waals surface area contributed by atoms with Crippen LogP contribution in [0.15, 0.2) is 18.2 Å². The van der Waals surface area contributed by atoms with Crippen LogP contribution in [0, 0.1) is 13.8 Å². The number of Topliss-reactive ketones (excluding diaryl/α,β-unsaturated/α-hetero) is 1. The highest BCUT2D eigenvalue weighted by Crippen LogP contribution is 2.33. The molecule has 0 saturated heterocycles. The summed E-state index contributed by atoms with van der Waals surface area (Å²) in [6.45, 7) is 4.25. The molecule has 6 heteroatoms. The molecule has 5 nitrogen and oxygen atoms in total. The summed E-state index contributed by atoms with van der Waals surface area (Å²) < 4.78 is 5.10. The molecule has 0 atom stereocenters. The van der Waals surface area contributed by atoms with Crippen LogP contribution in [0.4, 0.5) is 5.69 Å². The van der Waals surface area contributed by atoms with Crippen molar-refractivity contribution in [3.05, 3.63) is 39.3 Å². The molecule has 3 rings (SSSR count). The second-order valence-electron chi connectivity index (χ2n) is 4.85. The zero-order valence-electron chi connectivity index (χ0n) is 12.0. The zero-order valence-corrected chi connectivity index (χ0v) is 12.8. The van der Waals surface area contributed by atoms with E-state index in [2.05, 4.69) is 4.98 Å². The molecule has 1 amide bonds. The molecule has 0 spiro atoms. The highest BCUT2D eigenvalue weighted by atomic mass is 32.1. The van der Waals surface area contributed by atoms with E-state index in [0.717, 1.165) is 15.6 Å². The second-order valence-corrected chi connectivity index (χ2v) is 6.14. The average Bonchev–Trinajstić information content (AvgIpc) is 2.91. The Morgan fingerprint density at radius 1 is 1.29 bits per heavy atom. The number of hydrogen-bond acceptors (Lipinski definition) is 5. The summed E-state index contributed by atoms with van der Waals surface area (Å²) in [5, 5.41) is 0.829. The molecule has 0 unspecified atom stereocenters. The maximum atomic E-state index is 12.2. The molecule has 0 fully saturated rings. The Morgan fingerprint density at radius 3 is 2.67 bits per heavy atom. The summed E-state index contributed by atoms with van der Waals surface area (Å²) in [6.07, 6.45) is 0. The van der Waals surface area contributed by atoms with Gasteiger partial charge in [-0.05, 0) is 32.0 Å². The monoisotopic (exact) mass is 302 g/mol. The van der Waals surface area contributed by atoms with Crippen LogP contribution in [0.1, 0.15) is 25.9 Å². The van der Waals surface area contributed by atoms with E-state index in [-0.39, 0.29) is 0 Å². The fraction of sp³-hybridized carbons (Fsp3) is 0.267. The SMILES string of the molecule is COc1ccc2c(c1)C(=O)C(=O)N2Cc1nc(C)c(C)s1. The molecule has 0 N–H and O–H groups in total. The van der Waals surface area contributed by atoms with Crippen LogP contribution in [0.2, 0.25) is 0 Å². The lowest BCUT2D eigenvalue weighted by atomic mass is 10.1. The fourth-order valence-electron chi connectivity index (χ4n) is 2.31. The molecule has 1 aromatic carbocycles. The number of thiazole rings is 1. The fourth-order valence-corrected chi connectivity index (χ4v) is 3.23. The zero-order chi connectivity index (χ0) is 15.1. The molecule has 1 aromatic heterocycles. The summed E-state index contributed by atoms with van der Waals surface area (Å²) >= 11 is 1.55. The van der Waals surface area contributed by atoms with Crippen LogP contribution in [-0.4, -0.2) is 23.8 Å². The van der Waals surface area contributed by atoms with Gasteiger partial charge in [0, 0.05) is 4.88 Å². The number of rotatable bonds is 3. The standard InChI is InChI=1S/C15H14N2O3S/c1-8-9(2)21-13(16-8)7-17-12-5-4-10(20-3)6-11(12)14(18)15(17)19/h4-6H,7H2,1-3H3. The van der Waals surface area contributed by atoms with Gasteiger partial charge in [-0.25, -0.2) is 4.98 Å². The smallest absolute Gasteiger partial charge is 0.299 e. The number of amides is 1. The van der Waals surface area contributed by atoms with Crippen molar-refractivity contribution in [2.24, 2.45) is 0 Å². The van der Waals surface area contributed by atoms with Gasteiger partial charge >= 0.3 is 0 Å². The summed E-state index contributed by atoms with van der Waals surface area (Å²) in [6, 6.07) is 5.09. The summed E-state index contributed by atoms with van der Waals surface area (Å²) in [7, 11) is 1.53. The maximum Gasteiger partial charge on any atom is 0.299 e. The van der Waals surface area contributed by atoms with E-state index in [1.807, 2.05) is 13.8 Å². The Kier molecular flexibility index (Phi) is 3.25. The lowest BCUT2D eigenvalue weighted by Gasteiger charge is -2.14. The molecule has 2 aromatic rings. The molecular weight excluding hydrogens is 288 g/mol. The number of carbonyl (C=O) groups is 2. The Hall–Kier alpha value is -2.21. The van der Waals surface area contributed by atoms with E-state index in [9.17, 15) is 9.59 Å². The second kappa shape index (κ2) is 4.96. The minimum Gasteiger partial charge on any atom is -0.497 e. The van der Waals surface area contributed by atoms with Gasteiger partial charge in [-0.15, -0.1) is 11.3 Å². The van der Waals surface area contributed by atoms with Gasteiger partial charge in [-0.2, -0.15) is 0 Å². The number of hydrogen-bond donors (Lipinski definition) is 0. The topological polar surface area (TPSA) is 59.5 Å². The predicted molar refractivity (Wildman–Crippen MR) is 80.1 cm³/mol. The highest BCUT2D eigenvalue weighted by Gasteiger charge is 2.36. The van der Waals surface area contributed by atoms with Gasteiger partial charge in [0.1, 0.15) is 10.8 Å². The summed E-state index contributed by atoms with van der Waals surface area (Å²) in [5.74, 6) is -0.435. The van der Waals surface area contributed by atoms with E-state index in [1.54, 1.807) is 29.5 Å². The number of aryl methyl sites for hydroxylation is 2. The van der Waals surface area contributed by atoms with Gasteiger partial charge in [0.25, 0.3) is 11.7 Å². The first-order chi connectivity index (χ1) is 10.0. The Balaban J connectivity index is 1.97. The van der Waals surface area contributed by atoms with Crippen LogP contribution >= 0.6 is 11.3 Å². The number of nitrogens with zero attached hydrogens (tertiary/aromatic N) is 2. The molecule has 2 heterocycles. The largest absolute Gasteiger partial charge is 0.497 e. The Labute approximate surface area is 126 Å². The average molecular weight is 302 g/mol. The van der Waals surface area contributed by atoms with Gasteiger partial charge in [-0.3, -0.25) is 14.5 Å². The van der Waals surface area contributed by atoms with Crippen molar-refractivity contribution in [2.75, 3.05) is 12.0 Å². The minimum atomic E-state index is -0.510. The number of anilines is 1. The van der Waals surface area contributed by atoms with Crippen molar-refractivity contribution in [1.29, 1.82) is 0 Å². The summed E-state index contributed by atoms with van der Waals surface area (Å²) in [4.78, 5) is 31.3. The van der Waals surface area contributed by atoms with Crippen molar-refractivity contribution >= 4 is 28.7 Å². The number of benzene rings is 1. The predicted octanol–water partition coefficient (Wildman–Crippen LogP) is 2.50. The van der Waals surface area contributed by atoms with Crippen molar-refractivity contribution in [1.82, 2.24) is 4.98 Å². The van der Waals surface area contributed by atoms with Gasteiger partial charge in [0.15, 0.2) is 0 Å². The number of aromatic nitrogens is 1. The van der Waals surface area contributed by atoms with Crippen molar-refractivity contribution in [3.63, 3.8) is 0 Å². The van der Waals surface area contributed by atoms with E-state index in [0.29, 0.717) is 23.5 Å². The normalized spacial score (nSPS) is 13.8. The maximum absolute atomic E-state index is 12.2. The van der Waals surface area contributed by atoms with E-state index < -0.39 is 11.7 Å². The Morgan fingerprint density at radius 2 is 2.05 bits per heavy atom. The van der Waals surface area contributed by atoms with Crippen molar-refractivity contribution < 1.29 is 14.3 Å². The first-order valence-corrected chi connectivity index (χ1v) is 7.30. The molecule has 0 saturated carbocycles. The van der Waals surface area contributed by atoms with Crippen LogP contribution in [0.25, 0.3) is 0 Å². The number of methoxy groups -OCH3 is 1. The molecule has 0 radical (unpaired) electrons. The number of ketones is 1. The van der Waals surface area contributed by atoms with E-state index >= 15 is 0 Å². The van der Waals surface area contributed by atoms with Gasteiger partial charge in [0.05, 0.1) is 30.6 Å². The first-order valence-electron chi connectivity index (χ1n) is 6.48. The third-order valence-corrected chi connectivity index (χ3v) is 4.60. The van der Waals surface area contributed by atoms with Crippen LogP contribution < -0.4 is 9.64 Å². The number of carbonyl (C=O) groups excluding carboxylic acids is 2. The van der Waals surface area contributed by atoms with Crippen molar-refractivity contribution in [3.8, 4) is 5.75 Å². The number of fused-ring (bicyclic) bond motifs is 1. The van der Waals surface area contributed by atoms with Crippen LogP contribution in [0.3, 0.4) is 0 Å². The first kappa shape index (κ1) is 13.8. The molecule has 108 valence electrons. The Bertz CT molecular complexity index is 732. The molecular formula is C15H14N2O3S. The van der Waals surface area contributed by atoms with Crippen LogP contribution in [-0.2, 0) is 11.3 Å². The quantitative estimate of drug-likeness (QED) is 0.817. The summed E-state index contributed by atoms with van der Waals surface area (Å²) in [5.41, 5.74) is 1.98. The number of ether oxygens (including phenoxy) is 1. The van der Waals surface area contributed by atoms with Crippen molar-refractivity contribution in [2.45, 2.75) is 20.4 Å². The molecule has 0 bridgehead atoms. The minimum absolute atomic E-state index is 0.323. The third kappa shape index (κ3) is 2.21. The molecule has 1 aliphatic rings. The van der Waals surface area contributed by atoms with E-state index in [1.165, 1.54) is 12.0 Å². The van der Waals surface area contributed by atoms with Crippen LogP contribution in [0.5, 0.6) is 5.75 Å². The lowest BCUT2D eigenvalue weighted by Crippen LogP contribution is -2.29. The molecule has 1 aliphatic heterocycles. The van der Waals surface area contributed by atoms with Gasteiger partial charge in [-0.1, -0.05) is 0 Å². The van der Waals surface area contributed by atoms with E-state index in [4.69, 9.17) is 4.74 Å². The lowest BCUT2D eigenvalue weighted by molar-refractivity contribution is -0.114. The molecule has 21 heavy (non-hydrogen) atoms. The highest BCUT2D eigenvalue weighted by molar-refractivity contribution is 7.11. The van der Waals surface area contributed by atoms with Gasteiger partial charge in [0.2, 0.25) is 0 Å².